The van der Waals surface area contributed by atoms with Gasteiger partial charge in [0.05, 0.1) is 0 Å². The van der Waals surface area contributed by atoms with Gasteiger partial charge in [-0.2, -0.15) is 0 Å². The molecule has 11 heavy (non-hydrogen) atoms. The lowest BCUT2D eigenvalue weighted by Crippen LogP contribution is -1.68. The van der Waals surface area contributed by atoms with Crippen molar-refractivity contribution in [3.05, 3.63) is 28.0 Å². The Morgan fingerprint density at radius 3 is 3.00 bits per heavy atom. The summed E-state index contributed by atoms with van der Waals surface area (Å²) in [7, 11) is 0. The lowest BCUT2D eigenvalue weighted by atomic mass is 10.2. The maximum atomic E-state index is 9.28. The van der Waals surface area contributed by atoms with E-state index >= 15 is 0 Å². The van der Waals surface area contributed by atoms with Crippen molar-refractivity contribution >= 4 is 33.4 Å². The fourth-order valence-corrected chi connectivity index (χ4v) is 1.57. The van der Waals surface area contributed by atoms with Crippen LogP contribution in [0.3, 0.4) is 0 Å². The molecule has 0 aliphatic carbocycles. The van der Waals surface area contributed by atoms with Crippen LogP contribution in [-0.2, 0) is 0 Å². The number of halogens is 1. The van der Waals surface area contributed by atoms with Crippen LogP contribution in [-0.4, -0.2) is 10.1 Å². The van der Waals surface area contributed by atoms with E-state index in [0.29, 0.717) is 0 Å². The van der Waals surface area contributed by atoms with Gasteiger partial charge in [0.2, 0.25) is 0 Å². The van der Waals surface area contributed by atoms with E-state index in [1.807, 2.05) is 18.2 Å². The lowest BCUT2D eigenvalue weighted by molar-refractivity contribution is 0.462. The summed E-state index contributed by atoms with van der Waals surface area (Å²) < 4.78 is 1.13. The maximum absolute atomic E-state index is 9.28. The van der Waals surface area contributed by atoms with E-state index in [-0.39, 0.29) is 5.88 Å². The summed E-state index contributed by atoms with van der Waals surface area (Å²) in [4.78, 5) is 2.76. The van der Waals surface area contributed by atoms with Gasteiger partial charge in [0.15, 0.2) is 5.88 Å². The Balaban J connectivity index is 2.87. The number of aromatic amines is 1. The molecule has 1 heterocycles. The number of rotatable bonds is 0. The molecule has 2 nitrogen and oxygen atoms in total. The molecule has 0 saturated carbocycles. The predicted octanol–water partition coefficient (Wildman–Crippen LogP) is 2.48. The van der Waals surface area contributed by atoms with Crippen molar-refractivity contribution in [2.45, 2.75) is 0 Å². The summed E-state index contributed by atoms with van der Waals surface area (Å²) in [6, 6.07) is 5.94. The highest BCUT2D eigenvalue weighted by Crippen LogP contribution is 2.24. The zero-order valence-electron chi connectivity index (χ0n) is 5.63. The van der Waals surface area contributed by atoms with Crippen molar-refractivity contribution in [2.75, 3.05) is 0 Å². The van der Waals surface area contributed by atoms with Gasteiger partial charge in [0.1, 0.15) is 0 Å². The first kappa shape index (κ1) is 6.97. The fraction of sp³-hybridized carbons (Fsp3) is 0. The molecule has 3 heteroatoms. The Morgan fingerprint density at radius 1 is 1.36 bits per heavy atom. The fourth-order valence-electron chi connectivity index (χ4n) is 1.08. The SMILES string of the molecule is Oc1[nH]cc2ccc(I)cc12. The number of hydrogen-bond acceptors (Lipinski definition) is 1. The quantitative estimate of drug-likeness (QED) is 0.700. The molecule has 2 aromatic rings. The highest BCUT2D eigenvalue weighted by atomic mass is 127. The highest BCUT2D eigenvalue weighted by Gasteiger charge is 2.00. The monoisotopic (exact) mass is 259 g/mol. The molecule has 0 aliphatic heterocycles. The van der Waals surface area contributed by atoms with Gasteiger partial charge >= 0.3 is 0 Å². The van der Waals surface area contributed by atoms with E-state index in [2.05, 4.69) is 27.6 Å². The average Bonchev–Trinajstić information content (AvgIpc) is 2.33. The van der Waals surface area contributed by atoms with Crippen LogP contribution in [0.15, 0.2) is 24.4 Å². The molecule has 0 radical (unpaired) electrons. The summed E-state index contributed by atoms with van der Waals surface area (Å²) >= 11 is 2.22. The minimum absolute atomic E-state index is 0.249. The van der Waals surface area contributed by atoms with Gasteiger partial charge in [-0.3, -0.25) is 0 Å². The molecule has 0 bridgehead atoms. The smallest absolute Gasteiger partial charge is 0.196 e. The van der Waals surface area contributed by atoms with Gasteiger partial charge in [-0.15, -0.1) is 0 Å². The van der Waals surface area contributed by atoms with Gasteiger partial charge in [-0.25, -0.2) is 0 Å². The van der Waals surface area contributed by atoms with E-state index in [9.17, 15) is 5.11 Å². The molecular weight excluding hydrogens is 253 g/mol. The molecule has 0 fully saturated rings. The number of nitrogens with one attached hydrogen (secondary N) is 1. The second-order valence-corrected chi connectivity index (χ2v) is 3.61. The molecule has 0 unspecified atom stereocenters. The molecule has 2 rings (SSSR count). The van der Waals surface area contributed by atoms with Crippen molar-refractivity contribution in [3.8, 4) is 5.88 Å². The van der Waals surface area contributed by atoms with E-state index in [1.54, 1.807) is 6.20 Å². The largest absolute Gasteiger partial charge is 0.494 e. The lowest BCUT2D eigenvalue weighted by Gasteiger charge is -1.90. The number of fused-ring (bicyclic) bond motifs is 1. The Morgan fingerprint density at radius 2 is 2.18 bits per heavy atom. The van der Waals surface area contributed by atoms with Crippen LogP contribution in [0.5, 0.6) is 5.88 Å². The van der Waals surface area contributed by atoms with Gasteiger partial charge in [-0.1, -0.05) is 6.07 Å². The Labute approximate surface area is 77.4 Å². The van der Waals surface area contributed by atoms with Gasteiger partial charge in [-0.05, 0) is 34.7 Å². The number of aromatic hydroxyl groups is 1. The van der Waals surface area contributed by atoms with Crippen LogP contribution in [0.1, 0.15) is 0 Å². The van der Waals surface area contributed by atoms with Gasteiger partial charge in [0.25, 0.3) is 0 Å². The number of aromatic nitrogens is 1. The summed E-state index contributed by atoms with van der Waals surface area (Å²) in [5.41, 5.74) is 0. The summed E-state index contributed by atoms with van der Waals surface area (Å²) in [6.07, 6.45) is 1.79. The van der Waals surface area contributed by atoms with Crippen LogP contribution >= 0.6 is 22.6 Å². The standard InChI is InChI=1S/C8H6INO/c9-6-2-1-5-4-10-8(11)7(5)3-6/h1-4,10-11H. The van der Waals surface area contributed by atoms with Gasteiger partial charge in [0, 0.05) is 20.5 Å². The highest BCUT2D eigenvalue weighted by molar-refractivity contribution is 14.1. The van der Waals surface area contributed by atoms with E-state index in [4.69, 9.17) is 0 Å². The summed E-state index contributed by atoms with van der Waals surface area (Å²) in [5, 5.41) is 11.2. The average molecular weight is 259 g/mol. The van der Waals surface area contributed by atoms with Crippen LogP contribution in [0.4, 0.5) is 0 Å². The molecule has 0 saturated heterocycles. The summed E-state index contributed by atoms with van der Waals surface area (Å²) in [5.74, 6) is 0.249. The minimum atomic E-state index is 0.249. The van der Waals surface area contributed by atoms with E-state index in [0.717, 1.165) is 14.3 Å². The zero-order valence-corrected chi connectivity index (χ0v) is 7.79. The minimum Gasteiger partial charge on any atom is -0.494 e. The van der Waals surface area contributed by atoms with Crippen molar-refractivity contribution in [1.29, 1.82) is 0 Å². The summed E-state index contributed by atoms with van der Waals surface area (Å²) in [6.45, 7) is 0. The Hall–Kier alpha value is -0.710. The number of benzene rings is 1. The molecule has 2 N–H and O–H groups in total. The molecule has 0 spiro atoms. The molecule has 1 aromatic heterocycles. The number of H-pyrrole nitrogens is 1. The third-order valence-electron chi connectivity index (χ3n) is 1.63. The van der Waals surface area contributed by atoms with Crippen LogP contribution < -0.4 is 0 Å². The molecule has 0 amide bonds. The van der Waals surface area contributed by atoms with Crippen molar-refractivity contribution in [2.24, 2.45) is 0 Å². The van der Waals surface area contributed by atoms with Crippen molar-refractivity contribution < 1.29 is 5.11 Å². The predicted molar refractivity (Wildman–Crippen MR) is 52.7 cm³/mol. The maximum Gasteiger partial charge on any atom is 0.196 e. The Kier molecular flexibility index (Phi) is 1.52. The topological polar surface area (TPSA) is 36.0 Å². The first-order valence-electron chi connectivity index (χ1n) is 3.23. The molecule has 1 aromatic carbocycles. The molecule has 0 aliphatic rings. The zero-order chi connectivity index (χ0) is 7.84. The van der Waals surface area contributed by atoms with Crippen LogP contribution in [0.25, 0.3) is 10.8 Å². The van der Waals surface area contributed by atoms with E-state index < -0.39 is 0 Å². The van der Waals surface area contributed by atoms with Crippen LogP contribution in [0, 0.1) is 3.57 Å². The Bertz CT molecular complexity index is 394. The third kappa shape index (κ3) is 1.09. The first-order chi connectivity index (χ1) is 5.27. The molecular formula is C8H6INO. The van der Waals surface area contributed by atoms with Crippen molar-refractivity contribution in [1.82, 2.24) is 4.98 Å². The normalized spacial score (nSPS) is 10.6. The van der Waals surface area contributed by atoms with Crippen LogP contribution in [0.2, 0.25) is 0 Å². The van der Waals surface area contributed by atoms with E-state index in [1.165, 1.54) is 0 Å². The number of hydrogen-bond donors (Lipinski definition) is 2. The second kappa shape index (κ2) is 2.41. The second-order valence-electron chi connectivity index (χ2n) is 2.37. The van der Waals surface area contributed by atoms with Crippen molar-refractivity contribution in [3.63, 3.8) is 0 Å². The van der Waals surface area contributed by atoms with Gasteiger partial charge < -0.3 is 10.1 Å². The first-order valence-corrected chi connectivity index (χ1v) is 4.31. The molecule has 0 atom stereocenters. The molecule has 56 valence electrons. The third-order valence-corrected chi connectivity index (χ3v) is 2.31.